The van der Waals surface area contributed by atoms with Gasteiger partial charge in [0.25, 0.3) is 0 Å². The molecule has 0 N–H and O–H groups in total. The van der Waals surface area contributed by atoms with Crippen LogP contribution in [-0.2, 0) is 9.54 Å². The molecule has 3 rings (SSSR count). The van der Waals surface area contributed by atoms with Gasteiger partial charge in [-0.25, -0.2) is 0 Å². The van der Waals surface area contributed by atoms with Gasteiger partial charge in [-0.2, -0.15) is 0 Å². The normalized spacial score (nSPS) is 12.4. The molecule has 3 heteroatoms. The number of rotatable bonds is 8. The molecule has 2 nitrogen and oxygen atoms in total. The Morgan fingerprint density at radius 2 is 1.19 bits per heavy atom. The van der Waals surface area contributed by atoms with E-state index in [1.54, 1.807) is 4.90 Å². The summed E-state index contributed by atoms with van der Waals surface area (Å²) < 4.78 is -0.332. The van der Waals surface area contributed by atoms with Crippen LogP contribution in [0.25, 0.3) is 0 Å². The van der Waals surface area contributed by atoms with Crippen LogP contribution < -0.4 is 0 Å². The van der Waals surface area contributed by atoms with E-state index in [1.165, 1.54) is 16.7 Å². The molecule has 0 saturated heterocycles. The van der Waals surface area contributed by atoms with Gasteiger partial charge in [-0.15, -0.1) is 11.8 Å². The van der Waals surface area contributed by atoms with Crippen molar-refractivity contribution >= 4 is 18.2 Å². The van der Waals surface area contributed by atoms with Crippen LogP contribution in [0.15, 0.2) is 91.0 Å². The standard InChI is InChI=1S/C24H25NOS/c1-20(25(2)19-26)18-27-24(21-12-6-3-7-13-21,22-14-8-4-9-15-22)23-16-10-5-11-17-23/h3-17,19-20H,18H2,1-2H3. The van der Waals surface area contributed by atoms with Gasteiger partial charge in [-0.05, 0) is 23.6 Å². The molecule has 0 aromatic heterocycles. The number of benzene rings is 3. The van der Waals surface area contributed by atoms with E-state index >= 15 is 0 Å². The average Bonchev–Trinajstić information content (AvgIpc) is 2.75. The summed E-state index contributed by atoms with van der Waals surface area (Å²) in [7, 11) is 1.84. The molecule has 0 fully saturated rings. The van der Waals surface area contributed by atoms with Gasteiger partial charge < -0.3 is 4.90 Å². The maximum absolute atomic E-state index is 11.2. The van der Waals surface area contributed by atoms with Gasteiger partial charge >= 0.3 is 0 Å². The quantitative estimate of drug-likeness (QED) is 0.399. The summed E-state index contributed by atoms with van der Waals surface area (Å²) in [6.45, 7) is 2.09. The zero-order valence-electron chi connectivity index (χ0n) is 15.8. The zero-order valence-corrected chi connectivity index (χ0v) is 16.6. The topological polar surface area (TPSA) is 20.3 Å². The fourth-order valence-electron chi connectivity index (χ4n) is 3.24. The Labute approximate surface area is 166 Å². The number of carbonyl (C=O) groups is 1. The second kappa shape index (κ2) is 8.92. The molecule has 27 heavy (non-hydrogen) atoms. The summed E-state index contributed by atoms with van der Waals surface area (Å²) in [5.74, 6) is 0.827. The fourth-order valence-corrected chi connectivity index (χ4v) is 4.87. The van der Waals surface area contributed by atoms with Crippen molar-refractivity contribution < 1.29 is 4.79 Å². The Kier molecular flexibility index (Phi) is 6.36. The second-order valence-electron chi connectivity index (χ2n) is 6.71. The van der Waals surface area contributed by atoms with E-state index in [2.05, 4.69) is 97.9 Å². The van der Waals surface area contributed by atoms with Gasteiger partial charge in [-0.3, -0.25) is 4.79 Å². The molecule has 0 aliphatic heterocycles. The van der Waals surface area contributed by atoms with Crippen molar-refractivity contribution in [2.45, 2.75) is 17.7 Å². The van der Waals surface area contributed by atoms with Crippen LogP contribution in [0.2, 0.25) is 0 Å². The number of amides is 1. The Morgan fingerprint density at radius 1 is 0.815 bits per heavy atom. The van der Waals surface area contributed by atoms with E-state index in [0.29, 0.717) is 0 Å². The van der Waals surface area contributed by atoms with Crippen molar-refractivity contribution in [3.63, 3.8) is 0 Å². The molecule has 0 heterocycles. The van der Waals surface area contributed by atoms with Gasteiger partial charge in [0.05, 0.1) is 4.75 Å². The molecule has 1 unspecified atom stereocenters. The number of thioether (sulfide) groups is 1. The van der Waals surface area contributed by atoms with Crippen LogP contribution in [0.5, 0.6) is 0 Å². The zero-order chi connectivity index (χ0) is 19.1. The lowest BCUT2D eigenvalue weighted by molar-refractivity contribution is -0.118. The first-order valence-electron chi connectivity index (χ1n) is 9.16. The van der Waals surface area contributed by atoms with Crippen LogP contribution in [0.1, 0.15) is 23.6 Å². The van der Waals surface area contributed by atoms with E-state index in [9.17, 15) is 4.79 Å². The molecule has 0 aliphatic rings. The van der Waals surface area contributed by atoms with E-state index in [4.69, 9.17) is 0 Å². The molecule has 1 amide bonds. The number of hydrogen-bond donors (Lipinski definition) is 0. The molecule has 0 saturated carbocycles. The molecular weight excluding hydrogens is 350 g/mol. The summed E-state index contributed by atoms with van der Waals surface area (Å²) in [6, 6.07) is 32.0. The summed E-state index contributed by atoms with van der Waals surface area (Å²) in [5, 5.41) is 0. The molecule has 0 radical (unpaired) electrons. The van der Waals surface area contributed by atoms with Gasteiger partial charge in [0.1, 0.15) is 0 Å². The highest BCUT2D eigenvalue weighted by atomic mass is 32.2. The monoisotopic (exact) mass is 375 g/mol. The Balaban J connectivity index is 2.15. The molecule has 3 aromatic rings. The van der Waals surface area contributed by atoms with E-state index in [1.807, 2.05) is 18.8 Å². The summed E-state index contributed by atoms with van der Waals surface area (Å²) in [6.07, 6.45) is 0.903. The minimum Gasteiger partial charge on any atom is -0.345 e. The molecule has 0 spiro atoms. The maximum atomic E-state index is 11.2. The minimum absolute atomic E-state index is 0.142. The first-order valence-corrected chi connectivity index (χ1v) is 10.1. The van der Waals surface area contributed by atoms with Crippen LogP contribution in [0.3, 0.4) is 0 Å². The molecule has 3 aromatic carbocycles. The molecule has 138 valence electrons. The van der Waals surface area contributed by atoms with Crippen LogP contribution in [0.4, 0.5) is 0 Å². The Hall–Kier alpha value is -2.52. The third kappa shape index (κ3) is 4.09. The molecule has 0 bridgehead atoms. The maximum Gasteiger partial charge on any atom is 0.209 e. The lowest BCUT2D eigenvalue weighted by Crippen LogP contribution is -2.33. The summed E-state index contributed by atoms with van der Waals surface area (Å²) in [4.78, 5) is 12.9. The van der Waals surface area contributed by atoms with Gasteiger partial charge in [-0.1, -0.05) is 91.0 Å². The number of nitrogens with zero attached hydrogens (tertiary/aromatic N) is 1. The number of carbonyl (C=O) groups excluding carboxylic acids is 1. The van der Waals surface area contributed by atoms with Gasteiger partial charge in [0.2, 0.25) is 6.41 Å². The highest BCUT2D eigenvalue weighted by Gasteiger charge is 2.37. The van der Waals surface area contributed by atoms with Gasteiger partial charge in [0, 0.05) is 18.8 Å². The number of hydrogen-bond acceptors (Lipinski definition) is 2. The molecule has 1 atom stereocenters. The van der Waals surface area contributed by atoms with Gasteiger partial charge in [0.15, 0.2) is 0 Å². The van der Waals surface area contributed by atoms with Crippen LogP contribution >= 0.6 is 11.8 Å². The Bertz CT molecular complexity index is 739. The Morgan fingerprint density at radius 3 is 1.52 bits per heavy atom. The first-order chi connectivity index (χ1) is 13.2. The van der Waals surface area contributed by atoms with Crippen LogP contribution in [-0.4, -0.2) is 30.2 Å². The van der Waals surface area contributed by atoms with Crippen molar-refractivity contribution in [3.05, 3.63) is 108 Å². The predicted molar refractivity (Wildman–Crippen MR) is 115 cm³/mol. The minimum atomic E-state index is -0.332. The fraction of sp³-hybridized carbons (Fsp3) is 0.208. The average molecular weight is 376 g/mol. The summed E-state index contributed by atoms with van der Waals surface area (Å²) >= 11 is 1.88. The van der Waals surface area contributed by atoms with Crippen molar-refractivity contribution in [3.8, 4) is 0 Å². The van der Waals surface area contributed by atoms with E-state index in [0.717, 1.165) is 12.2 Å². The van der Waals surface area contributed by atoms with Crippen molar-refractivity contribution in [1.82, 2.24) is 4.90 Å². The van der Waals surface area contributed by atoms with Crippen molar-refractivity contribution in [2.75, 3.05) is 12.8 Å². The highest BCUT2D eigenvalue weighted by molar-refractivity contribution is 8.00. The smallest absolute Gasteiger partial charge is 0.209 e. The largest absolute Gasteiger partial charge is 0.345 e. The first kappa shape index (κ1) is 19.2. The lowest BCUT2D eigenvalue weighted by Gasteiger charge is -2.37. The second-order valence-corrected chi connectivity index (χ2v) is 7.94. The molecular formula is C24H25NOS. The van der Waals surface area contributed by atoms with Crippen LogP contribution in [0, 0.1) is 0 Å². The predicted octanol–water partition coefficient (Wildman–Crippen LogP) is 5.19. The lowest BCUT2D eigenvalue weighted by atomic mass is 9.84. The third-order valence-electron chi connectivity index (χ3n) is 4.94. The summed E-state index contributed by atoms with van der Waals surface area (Å²) in [5.41, 5.74) is 3.73. The SMILES string of the molecule is CC(CSC(c1ccccc1)(c1ccccc1)c1ccccc1)N(C)C=O. The third-order valence-corrected chi connectivity index (χ3v) is 6.73. The molecule has 0 aliphatic carbocycles. The highest BCUT2D eigenvalue weighted by Crippen LogP contribution is 2.48. The van der Waals surface area contributed by atoms with E-state index < -0.39 is 0 Å². The van der Waals surface area contributed by atoms with Crippen molar-refractivity contribution in [1.29, 1.82) is 0 Å². The van der Waals surface area contributed by atoms with Crippen molar-refractivity contribution in [2.24, 2.45) is 0 Å². The van der Waals surface area contributed by atoms with E-state index in [-0.39, 0.29) is 10.8 Å².